The van der Waals surface area contributed by atoms with Gasteiger partial charge in [0.2, 0.25) is 0 Å². The van der Waals surface area contributed by atoms with Gasteiger partial charge in [0.05, 0.1) is 24.1 Å². The SMILES string of the molecule is Cc1cnc(Cn2cccc(C(=O)O)c2=O)cn1. The lowest BCUT2D eigenvalue weighted by atomic mass is 10.3. The first-order valence-corrected chi connectivity index (χ1v) is 5.28. The summed E-state index contributed by atoms with van der Waals surface area (Å²) in [6.07, 6.45) is 4.69. The van der Waals surface area contributed by atoms with E-state index in [-0.39, 0.29) is 12.1 Å². The van der Waals surface area contributed by atoms with Crippen molar-refractivity contribution in [3.63, 3.8) is 0 Å². The molecule has 2 heterocycles. The molecule has 1 N–H and O–H groups in total. The minimum Gasteiger partial charge on any atom is -0.477 e. The Hall–Kier alpha value is -2.50. The van der Waals surface area contributed by atoms with Gasteiger partial charge in [-0.2, -0.15) is 0 Å². The number of carboxylic acids is 1. The third-order valence-electron chi connectivity index (χ3n) is 2.42. The molecule has 0 fully saturated rings. The molecule has 92 valence electrons. The second-order valence-electron chi connectivity index (χ2n) is 3.81. The molecule has 0 unspecified atom stereocenters. The number of aromatic carboxylic acids is 1. The molecule has 2 rings (SSSR count). The van der Waals surface area contributed by atoms with Gasteiger partial charge in [-0.3, -0.25) is 14.8 Å². The first kappa shape index (κ1) is 12.0. The summed E-state index contributed by atoms with van der Waals surface area (Å²) < 4.78 is 1.29. The van der Waals surface area contributed by atoms with Crippen molar-refractivity contribution in [3.8, 4) is 0 Å². The number of hydrogen-bond donors (Lipinski definition) is 1. The van der Waals surface area contributed by atoms with E-state index in [1.807, 2.05) is 6.92 Å². The zero-order chi connectivity index (χ0) is 13.1. The summed E-state index contributed by atoms with van der Waals surface area (Å²) in [7, 11) is 0. The molecule has 0 saturated heterocycles. The quantitative estimate of drug-likeness (QED) is 0.860. The molecular formula is C12H11N3O3. The molecule has 0 bridgehead atoms. The maximum Gasteiger partial charge on any atom is 0.341 e. The standard InChI is InChI=1S/C12H11N3O3/c1-8-5-14-9(6-13-8)7-15-4-2-3-10(11(15)16)12(17)18/h2-6H,7H2,1H3,(H,17,18). The van der Waals surface area contributed by atoms with Crippen LogP contribution >= 0.6 is 0 Å². The fourth-order valence-electron chi connectivity index (χ4n) is 1.50. The second kappa shape index (κ2) is 4.79. The van der Waals surface area contributed by atoms with Crippen LogP contribution in [0.25, 0.3) is 0 Å². The fraction of sp³-hybridized carbons (Fsp3) is 0.167. The molecule has 0 amide bonds. The lowest BCUT2D eigenvalue weighted by molar-refractivity contribution is 0.0694. The van der Waals surface area contributed by atoms with Gasteiger partial charge < -0.3 is 9.67 Å². The monoisotopic (exact) mass is 245 g/mol. The largest absolute Gasteiger partial charge is 0.477 e. The highest BCUT2D eigenvalue weighted by molar-refractivity contribution is 5.86. The summed E-state index contributed by atoms with van der Waals surface area (Å²) in [6, 6.07) is 2.80. The summed E-state index contributed by atoms with van der Waals surface area (Å²) in [5, 5.41) is 8.85. The van der Waals surface area contributed by atoms with Gasteiger partial charge in [-0.15, -0.1) is 0 Å². The van der Waals surface area contributed by atoms with Crippen LogP contribution in [0.4, 0.5) is 0 Å². The molecule has 2 aromatic rings. The van der Waals surface area contributed by atoms with E-state index >= 15 is 0 Å². The Bertz CT molecular complexity index is 632. The van der Waals surface area contributed by atoms with Crippen molar-refractivity contribution in [2.45, 2.75) is 13.5 Å². The third-order valence-corrected chi connectivity index (χ3v) is 2.42. The number of nitrogens with zero attached hydrogens (tertiary/aromatic N) is 3. The van der Waals surface area contributed by atoms with Crippen LogP contribution < -0.4 is 5.56 Å². The van der Waals surface area contributed by atoms with Gasteiger partial charge in [0.15, 0.2) is 0 Å². The van der Waals surface area contributed by atoms with E-state index in [1.165, 1.54) is 22.9 Å². The number of hydrogen-bond acceptors (Lipinski definition) is 4. The number of pyridine rings is 1. The predicted molar refractivity (Wildman–Crippen MR) is 63.5 cm³/mol. The molecule has 6 nitrogen and oxygen atoms in total. The van der Waals surface area contributed by atoms with E-state index in [4.69, 9.17) is 5.11 Å². The van der Waals surface area contributed by atoms with E-state index in [9.17, 15) is 9.59 Å². The first-order chi connectivity index (χ1) is 8.58. The molecule has 0 aliphatic rings. The van der Waals surface area contributed by atoms with Crippen molar-refractivity contribution in [3.05, 3.63) is 58.0 Å². The highest BCUT2D eigenvalue weighted by Gasteiger charge is 2.10. The third kappa shape index (κ3) is 2.42. The van der Waals surface area contributed by atoms with Crippen molar-refractivity contribution in [2.24, 2.45) is 0 Å². The molecule has 0 aliphatic carbocycles. The van der Waals surface area contributed by atoms with Gasteiger partial charge in [-0.1, -0.05) is 0 Å². The minimum atomic E-state index is -1.23. The molecule has 0 aliphatic heterocycles. The van der Waals surface area contributed by atoms with Crippen molar-refractivity contribution in [1.29, 1.82) is 0 Å². The highest BCUT2D eigenvalue weighted by atomic mass is 16.4. The molecule has 0 spiro atoms. The average molecular weight is 245 g/mol. The highest BCUT2D eigenvalue weighted by Crippen LogP contribution is 1.98. The van der Waals surface area contributed by atoms with Crippen LogP contribution in [0.1, 0.15) is 21.7 Å². The number of aromatic nitrogens is 3. The first-order valence-electron chi connectivity index (χ1n) is 5.28. The van der Waals surface area contributed by atoms with Crippen molar-refractivity contribution in [2.75, 3.05) is 0 Å². The molecule has 0 aromatic carbocycles. The molecule has 6 heteroatoms. The Morgan fingerprint density at radius 2 is 2.17 bits per heavy atom. The van der Waals surface area contributed by atoms with Gasteiger partial charge in [-0.25, -0.2) is 4.79 Å². The molecule has 18 heavy (non-hydrogen) atoms. The molecule has 2 aromatic heterocycles. The van der Waals surface area contributed by atoms with Crippen molar-refractivity contribution < 1.29 is 9.90 Å². The summed E-state index contributed by atoms with van der Waals surface area (Å²) in [6.45, 7) is 2.02. The van der Waals surface area contributed by atoms with E-state index in [1.54, 1.807) is 12.4 Å². The van der Waals surface area contributed by atoms with Gasteiger partial charge in [0, 0.05) is 12.4 Å². The average Bonchev–Trinajstić information content (AvgIpc) is 2.34. The smallest absolute Gasteiger partial charge is 0.341 e. The Labute approximate surface area is 103 Å². The number of carboxylic acid groups (broad SMARTS) is 1. The zero-order valence-electron chi connectivity index (χ0n) is 9.70. The van der Waals surface area contributed by atoms with E-state index in [0.717, 1.165) is 5.69 Å². The summed E-state index contributed by atoms with van der Waals surface area (Å²) in [5.41, 5.74) is 0.584. The Kier molecular flexibility index (Phi) is 3.18. The maximum atomic E-state index is 11.8. The van der Waals surface area contributed by atoms with Crippen LogP contribution in [0, 0.1) is 6.92 Å². The number of aryl methyl sites for hydroxylation is 1. The lowest BCUT2D eigenvalue weighted by Gasteiger charge is -2.05. The second-order valence-corrected chi connectivity index (χ2v) is 3.81. The number of rotatable bonds is 3. The van der Waals surface area contributed by atoms with Crippen LogP contribution in [-0.2, 0) is 6.54 Å². The van der Waals surface area contributed by atoms with E-state index in [2.05, 4.69) is 9.97 Å². The number of carbonyl (C=O) groups is 1. The predicted octanol–water partition coefficient (Wildman–Crippen LogP) is 0.693. The van der Waals surface area contributed by atoms with Crippen molar-refractivity contribution >= 4 is 5.97 Å². The van der Waals surface area contributed by atoms with E-state index < -0.39 is 11.5 Å². The van der Waals surface area contributed by atoms with Crippen LogP contribution in [0.5, 0.6) is 0 Å². The molecular weight excluding hydrogens is 234 g/mol. The Balaban J connectivity index is 2.35. The Morgan fingerprint density at radius 1 is 1.39 bits per heavy atom. The Morgan fingerprint density at radius 3 is 2.78 bits per heavy atom. The lowest BCUT2D eigenvalue weighted by Crippen LogP contribution is -2.26. The summed E-state index contributed by atoms with van der Waals surface area (Å²) in [4.78, 5) is 30.8. The van der Waals surface area contributed by atoms with Gasteiger partial charge in [0.1, 0.15) is 5.56 Å². The van der Waals surface area contributed by atoms with Crippen LogP contribution in [0.3, 0.4) is 0 Å². The van der Waals surface area contributed by atoms with Crippen LogP contribution in [0.2, 0.25) is 0 Å². The van der Waals surface area contributed by atoms with Crippen LogP contribution in [0.15, 0.2) is 35.5 Å². The molecule has 0 saturated carbocycles. The van der Waals surface area contributed by atoms with Crippen molar-refractivity contribution in [1.82, 2.24) is 14.5 Å². The normalized spacial score (nSPS) is 10.3. The van der Waals surface area contributed by atoms with Gasteiger partial charge in [0.25, 0.3) is 5.56 Å². The zero-order valence-corrected chi connectivity index (χ0v) is 9.70. The fourth-order valence-corrected chi connectivity index (χ4v) is 1.50. The molecule has 0 radical (unpaired) electrons. The van der Waals surface area contributed by atoms with Gasteiger partial charge in [-0.05, 0) is 19.1 Å². The van der Waals surface area contributed by atoms with Gasteiger partial charge >= 0.3 is 5.97 Å². The summed E-state index contributed by atoms with van der Waals surface area (Å²) in [5.74, 6) is -1.23. The topological polar surface area (TPSA) is 85.1 Å². The van der Waals surface area contributed by atoms with E-state index in [0.29, 0.717) is 5.69 Å². The summed E-state index contributed by atoms with van der Waals surface area (Å²) >= 11 is 0. The molecule has 0 atom stereocenters. The minimum absolute atomic E-state index is 0.202. The maximum absolute atomic E-state index is 11.8. The van der Waals surface area contributed by atoms with Crippen LogP contribution in [-0.4, -0.2) is 25.6 Å².